The van der Waals surface area contributed by atoms with E-state index in [1.54, 1.807) is 11.8 Å². The average Bonchev–Trinajstić information content (AvgIpc) is 2.95. The predicted molar refractivity (Wildman–Crippen MR) is 63.9 cm³/mol. The van der Waals surface area contributed by atoms with Crippen LogP contribution in [-0.4, -0.2) is 53.7 Å². The fraction of sp³-hybridized carbons (Fsp3) is 0.833. The quantitative estimate of drug-likeness (QED) is 0.730. The van der Waals surface area contributed by atoms with E-state index in [9.17, 15) is 9.59 Å². The summed E-state index contributed by atoms with van der Waals surface area (Å²) < 4.78 is 5.55. The molecule has 3 atom stereocenters. The summed E-state index contributed by atoms with van der Waals surface area (Å²) in [5.41, 5.74) is 4.69. The molecular weight excluding hydrogens is 236 g/mol. The first-order valence-electron chi connectivity index (χ1n) is 6.34. The van der Waals surface area contributed by atoms with Gasteiger partial charge < -0.3 is 20.5 Å². The number of hydrogen-bond donors (Lipinski definition) is 2. The van der Waals surface area contributed by atoms with E-state index in [1.807, 2.05) is 0 Å². The van der Waals surface area contributed by atoms with Crippen LogP contribution in [0.4, 0.5) is 0 Å². The van der Waals surface area contributed by atoms with E-state index < -0.39 is 17.5 Å². The molecule has 0 spiro atoms. The minimum Gasteiger partial charge on any atom is -0.481 e. The van der Waals surface area contributed by atoms with Gasteiger partial charge in [0.05, 0.1) is 11.5 Å². The number of carbonyl (C=O) groups excluding carboxylic acids is 1. The third-order valence-corrected chi connectivity index (χ3v) is 3.95. The number of nitrogens with two attached hydrogens (primary N) is 1. The minimum atomic E-state index is -0.843. The molecule has 18 heavy (non-hydrogen) atoms. The lowest BCUT2D eigenvalue weighted by atomic mass is 9.90. The van der Waals surface area contributed by atoms with Crippen LogP contribution >= 0.6 is 0 Å². The first-order valence-corrected chi connectivity index (χ1v) is 6.34. The number of aliphatic carboxylic acids is 1. The molecule has 0 aromatic carbocycles. The van der Waals surface area contributed by atoms with Crippen molar-refractivity contribution in [3.8, 4) is 0 Å². The largest absolute Gasteiger partial charge is 0.481 e. The smallest absolute Gasteiger partial charge is 0.311 e. The average molecular weight is 256 g/mol. The van der Waals surface area contributed by atoms with Crippen molar-refractivity contribution in [3.05, 3.63) is 0 Å². The zero-order chi connectivity index (χ0) is 13.3. The number of nitrogens with zero attached hydrogens (tertiary/aromatic N) is 1. The van der Waals surface area contributed by atoms with Crippen LogP contribution in [0.2, 0.25) is 0 Å². The fourth-order valence-electron chi connectivity index (χ4n) is 2.59. The molecule has 0 aliphatic carbocycles. The summed E-state index contributed by atoms with van der Waals surface area (Å²) in [5.74, 6) is -0.930. The standard InChI is InChI=1S/C12H20N2O4/c1-12(11(16)17)4-5-14(7-12)10(15)9-3-2-8(6-13)18-9/h8-9H,2-7,13H2,1H3,(H,16,17). The number of hydrogen-bond acceptors (Lipinski definition) is 4. The Hall–Kier alpha value is -1.14. The van der Waals surface area contributed by atoms with E-state index in [-0.39, 0.29) is 18.6 Å². The molecule has 0 aromatic rings. The van der Waals surface area contributed by atoms with Crippen LogP contribution in [0.1, 0.15) is 26.2 Å². The molecule has 0 bridgehead atoms. The van der Waals surface area contributed by atoms with Crippen LogP contribution < -0.4 is 5.73 Å². The number of ether oxygens (including phenoxy) is 1. The van der Waals surface area contributed by atoms with Gasteiger partial charge in [0, 0.05) is 19.6 Å². The Morgan fingerprint density at radius 1 is 1.50 bits per heavy atom. The van der Waals surface area contributed by atoms with Gasteiger partial charge in [-0.3, -0.25) is 9.59 Å². The molecule has 2 fully saturated rings. The third-order valence-electron chi connectivity index (χ3n) is 3.95. The second-order valence-electron chi connectivity index (χ2n) is 5.44. The van der Waals surface area contributed by atoms with Crippen molar-refractivity contribution < 1.29 is 19.4 Å². The Morgan fingerprint density at radius 3 is 2.72 bits per heavy atom. The summed E-state index contributed by atoms with van der Waals surface area (Å²) >= 11 is 0. The minimum absolute atomic E-state index is 0.0348. The van der Waals surface area contributed by atoms with Gasteiger partial charge in [0.2, 0.25) is 0 Å². The zero-order valence-electron chi connectivity index (χ0n) is 10.6. The lowest BCUT2D eigenvalue weighted by Gasteiger charge is -2.23. The molecule has 6 nitrogen and oxygen atoms in total. The van der Waals surface area contributed by atoms with Crippen molar-refractivity contribution in [3.63, 3.8) is 0 Å². The van der Waals surface area contributed by atoms with Gasteiger partial charge in [-0.2, -0.15) is 0 Å². The SMILES string of the molecule is CC1(C(=O)O)CCN(C(=O)C2CCC(CN)O2)C1. The van der Waals surface area contributed by atoms with Crippen molar-refractivity contribution >= 4 is 11.9 Å². The van der Waals surface area contributed by atoms with Gasteiger partial charge >= 0.3 is 5.97 Å². The van der Waals surface area contributed by atoms with Gasteiger partial charge in [0.1, 0.15) is 6.10 Å². The molecule has 2 aliphatic rings. The van der Waals surface area contributed by atoms with E-state index in [1.165, 1.54) is 0 Å². The molecule has 1 amide bonds. The molecule has 102 valence electrons. The molecule has 0 saturated carbocycles. The number of rotatable bonds is 3. The number of carbonyl (C=O) groups is 2. The number of carboxylic acid groups (broad SMARTS) is 1. The summed E-state index contributed by atoms with van der Waals surface area (Å²) in [5, 5.41) is 9.13. The molecule has 0 aromatic heterocycles. The van der Waals surface area contributed by atoms with Gasteiger partial charge in [0.15, 0.2) is 0 Å². The molecular formula is C12H20N2O4. The summed E-state index contributed by atoms with van der Waals surface area (Å²) in [7, 11) is 0. The lowest BCUT2D eigenvalue weighted by molar-refractivity contribution is -0.148. The molecule has 0 radical (unpaired) electrons. The van der Waals surface area contributed by atoms with E-state index in [0.29, 0.717) is 25.9 Å². The molecule has 2 heterocycles. The maximum Gasteiger partial charge on any atom is 0.311 e. The maximum absolute atomic E-state index is 12.2. The van der Waals surface area contributed by atoms with Crippen LogP contribution in [0.3, 0.4) is 0 Å². The second kappa shape index (κ2) is 4.85. The Kier molecular flexibility index (Phi) is 3.59. The van der Waals surface area contributed by atoms with E-state index in [4.69, 9.17) is 15.6 Å². The van der Waals surface area contributed by atoms with Crippen LogP contribution in [0, 0.1) is 5.41 Å². The highest BCUT2D eigenvalue weighted by Crippen LogP contribution is 2.32. The lowest BCUT2D eigenvalue weighted by Crippen LogP contribution is -2.40. The van der Waals surface area contributed by atoms with Gasteiger partial charge in [-0.25, -0.2) is 0 Å². The summed E-state index contributed by atoms with van der Waals surface area (Å²) in [6.45, 7) is 2.88. The van der Waals surface area contributed by atoms with E-state index in [2.05, 4.69) is 0 Å². The van der Waals surface area contributed by atoms with Gasteiger partial charge in [-0.05, 0) is 26.2 Å². The highest BCUT2D eigenvalue weighted by Gasteiger charge is 2.44. The number of likely N-dealkylation sites (tertiary alicyclic amines) is 1. The molecule has 3 unspecified atom stereocenters. The Balaban J connectivity index is 1.94. The zero-order valence-corrected chi connectivity index (χ0v) is 10.6. The van der Waals surface area contributed by atoms with Crippen molar-refractivity contribution in [1.29, 1.82) is 0 Å². The second-order valence-corrected chi connectivity index (χ2v) is 5.44. The first-order chi connectivity index (χ1) is 8.46. The number of carboxylic acids is 1. The molecule has 2 saturated heterocycles. The van der Waals surface area contributed by atoms with E-state index in [0.717, 1.165) is 6.42 Å². The molecule has 3 N–H and O–H groups in total. The summed E-state index contributed by atoms with van der Waals surface area (Å²) in [4.78, 5) is 24.9. The third kappa shape index (κ3) is 2.35. The molecule has 2 aliphatic heterocycles. The Morgan fingerprint density at radius 2 is 2.22 bits per heavy atom. The van der Waals surface area contributed by atoms with Crippen molar-refractivity contribution in [2.24, 2.45) is 11.1 Å². The first kappa shape index (κ1) is 13.3. The van der Waals surface area contributed by atoms with Crippen LogP contribution in [0.5, 0.6) is 0 Å². The Bertz CT molecular complexity index is 360. The Labute approximate surface area is 106 Å². The van der Waals surface area contributed by atoms with Gasteiger partial charge in [-0.1, -0.05) is 0 Å². The monoisotopic (exact) mass is 256 g/mol. The van der Waals surface area contributed by atoms with Crippen molar-refractivity contribution in [2.45, 2.75) is 38.4 Å². The summed E-state index contributed by atoms with van der Waals surface area (Å²) in [6.07, 6.45) is 1.51. The van der Waals surface area contributed by atoms with Crippen molar-refractivity contribution in [1.82, 2.24) is 4.90 Å². The molecule has 2 rings (SSSR count). The number of amides is 1. The normalized spacial score (nSPS) is 36.0. The van der Waals surface area contributed by atoms with Crippen LogP contribution in [0.25, 0.3) is 0 Å². The topological polar surface area (TPSA) is 92.9 Å². The highest BCUT2D eigenvalue weighted by molar-refractivity contribution is 5.83. The maximum atomic E-state index is 12.2. The summed E-state index contributed by atoms with van der Waals surface area (Å²) in [6, 6.07) is 0. The van der Waals surface area contributed by atoms with Gasteiger partial charge in [-0.15, -0.1) is 0 Å². The highest BCUT2D eigenvalue weighted by atomic mass is 16.5. The van der Waals surface area contributed by atoms with E-state index >= 15 is 0 Å². The van der Waals surface area contributed by atoms with Crippen molar-refractivity contribution in [2.75, 3.05) is 19.6 Å². The van der Waals surface area contributed by atoms with Gasteiger partial charge in [0.25, 0.3) is 5.91 Å². The van der Waals surface area contributed by atoms with Crippen LogP contribution in [-0.2, 0) is 14.3 Å². The van der Waals surface area contributed by atoms with Crippen LogP contribution in [0.15, 0.2) is 0 Å². The fourth-order valence-corrected chi connectivity index (χ4v) is 2.59. The predicted octanol–water partition coefficient (Wildman–Crippen LogP) is -0.184. The molecule has 6 heteroatoms.